The second-order valence-electron chi connectivity index (χ2n) is 6.48. The minimum Gasteiger partial charge on any atom is -0.324 e. The Hall–Kier alpha value is -3.53. The number of anilines is 4. The quantitative estimate of drug-likeness (QED) is 0.458. The van der Waals surface area contributed by atoms with Crippen molar-refractivity contribution in [2.24, 2.45) is 0 Å². The number of aromatic nitrogens is 4. The Bertz CT molecular complexity index is 1320. The molecule has 0 radical (unpaired) electrons. The third-order valence-corrected chi connectivity index (χ3v) is 5.60. The molecule has 0 saturated carbocycles. The van der Waals surface area contributed by atoms with Gasteiger partial charge in [0.25, 0.3) is 0 Å². The van der Waals surface area contributed by atoms with Crippen LogP contribution in [-0.2, 0) is 9.84 Å². The molecular formula is C19H17FN6O2S. The minimum absolute atomic E-state index is 0.238. The predicted octanol–water partition coefficient (Wildman–Crippen LogP) is 3.69. The highest BCUT2D eigenvalue weighted by Crippen LogP contribution is 2.27. The summed E-state index contributed by atoms with van der Waals surface area (Å²) in [6.07, 6.45) is 2.71. The number of hydrogen-bond acceptors (Lipinski definition) is 7. The first kappa shape index (κ1) is 18.8. The van der Waals surface area contributed by atoms with Crippen LogP contribution in [0.5, 0.6) is 0 Å². The molecule has 10 heteroatoms. The molecule has 2 aromatic carbocycles. The van der Waals surface area contributed by atoms with E-state index in [-0.39, 0.29) is 16.7 Å². The lowest BCUT2D eigenvalue weighted by molar-refractivity contribution is 0.601. The molecule has 0 unspecified atom stereocenters. The fourth-order valence-electron chi connectivity index (χ4n) is 2.96. The lowest BCUT2D eigenvalue weighted by Gasteiger charge is -2.12. The molecule has 148 valence electrons. The van der Waals surface area contributed by atoms with Gasteiger partial charge in [-0.3, -0.25) is 5.10 Å². The van der Waals surface area contributed by atoms with Gasteiger partial charge in [-0.2, -0.15) is 10.1 Å². The maximum atomic E-state index is 13.5. The van der Waals surface area contributed by atoms with Crippen molar-refractivity contribution in [3.63, 3.8) is 0 Å². The van der Waals surface area contributed by atoms with Crippen LogP contribution in [0.1, 0.15) is 5.56 Å². The SMILES string of the molecule is Cc1c(Nc2nccc(Nc3n[nH]c4ccc(F)cc34)n2)cccc1S(C)(=O)=O. The summed E-state index contributed by atoms with van der Waals surface area (Å²) < 4.78 is 37.4. The molecule has 8 nitrogen and oxygen atoms in total. The van der Waals surface area contributed by atoms with Crippen LogP contribution < -0.4 is 10.6 Å². The summed E-state index contributed by atoms with van der Waals surface area (Å²) in [5, 5.41) is 13.6. The van der Waals surface area contributed by atoms with Crippen molar-refractivity contribution in [3.05, 3.63) is 60.0 Å². The Labute approximate surface area is 166 Å². The fraction of sp³-hybridized carbons (Fsp3) is 0.105. The minimum atomic E-state index is -3.35. The van der Waals surface area contributed by atoms with Gasteiger partial charge in [0, 0.05) is 23.5 Å². The van der Waals surface area contributed by atoms with Crippen molar-refractivity contribution in [1.82, 2.24) is 20.2 Å². The van der Waals surface area contributed by atoms with Crippen molar-refractivity contribution >= 4 is 44.0 Å². The molecule has 29 heavy (non-hydrogen) atoms. The van der Waals surface area contributed by atoms with Gasteiger partial charge >= 0.3 is 0 Å². The van der Waals surface area contributed by atoms with E-state index in [4.69, 9.17) is 0 Å². The Morgan fingerprint density at radius 2 is 1.93 bits per heavy atom. The molecule has 0 spiro atoms. The molecule has 0 aliphatic carbocycles. The first-order chi connectivity index (χ1) is 13.8. The number of halogens is 1. The van der Waals surface area contributed by atoms with E-state index in [0.29, 0.717) is 33.8 Å². The molecule has 0 amide bonds. The van der Waals surface area contributed by atoms with Crippen LogP contribution in [0.15, 0.2) is 53.6 Å². The maximum absolute atomic E-state index is 13.5. The van der Waals surface area contributed by atoms with Crippen LogP contribution in [0, 0.1) is 12.7 Å². The largest absolute Gasteiger partial charge is 0.324 e. The topological polar surface area (TPSA) is 113 Å². The highest BCUT2D eigenvalue weighted by molar-refractivity contribution is 7.90. The number of rotatable bonds is 5. The average molecular weight is 412 g/mol. The smallest absolute Gasteiger partial charge is 0.229 e. The van der Waals surface area contributed by atoms with Gasteiger partial charge in [-0.1, -0.05) is 6.07 Å². The van der Waals surface area contributed by atoms with E-state index in [9.17, 15) is 12.8 Å². The van der Waals surface area contributed by atoms with E-state index in [2.05, 4.69) is 30.8 Å². The van der Waals surface area contributed by atoms with Gasteiger partial charge in [0.05, 0.1) is 10.4 Å². The van der Waals surface area contributed by atoms with E-state index < -0.39 is 9.84 Å². The number of aromatic amines is 1. The van der Waals surface area contributed by atoms with E-state index in [0.717, 1.165) is 6.26 Å². The van der Waals surface area contributed by atoms with E-state index in [1.807, 2.05) is 0 Å². The number of benzene rings is 2. The third kappa shape index (κ3) is 3.87. The standard InChI is InChI=1S/C19H17FN6O2S/c1-11-14(4-3-5-16(11)29(2,27)28)22-19-21-9-8-17(24-19)23-18-13-10-12(20)6-7-15(13)25-26-18/h3-10H,1-2H3,(H3,21,22,23,24,25,26). The summed E-state index contributed by atoms with van der Waals surface area (Å²) in [6.45, 7) is 1.71. The zero-order valence-electron chi connectivity index (χ0n) is 15.6. The normalized spacial score (nSPS) is 11.6. The summed E-state index contributed by atoms with van der Waals surface area (Å²) in [7, 11) is -3.35. The molecule has 3 N–H and O–H groups in total. The van der Waals surface area contributed by atoms with E-state index >= 15 is 0 Å². The molecule has 0 fully saturated rings. The number of H-pyrrole nitrogens is 1. The van der Waals surface area contributed by atoms with Gasteiger partial charge in [0.15, 0.2) is 15.7 Å². The summed E-state index contributed by atoms with van der Waals surface area (Å²) in [4.78, 5) is 8.79. The van der Waals surface area contributed by atoms with E-state index in [1.165, 1.54) is 12.1 Å². The maximum Gasteiger partial charge on any atom is 0.229 e. The zero-order valence-corrected chi connectivity index (χ0v) is 16.4. The number of fused-ring (bicyclic) bond motifs is 1. The first-order valence-electron chi connectivity index (χ1n) is 8.61. The first-order valence-corrected chi connectivity index (χ1v) is 10.5. The predicted molar refractivity (Wildman–Crippen MR) is 109 cm³/mol. The molecule has 2 heterocycles. The summed E-state index contributed by atoms with van der Waals surface area (Å²) in [5.74, 6) is 0.777. The second-order valence-corrected chi connectivity index (χ2v) is 8.46. The van der Waals surface area contributed by atoms with Gasteiger partial charge in [0.1, 0.15) is 11.6 Å². The zero-order chi connectivity index (χ0) is 20.6. The number of sulfone groups is 1. The molecule has 0 aliphatic rings. The van der Waals surface area contributed by atoms with Gasteiger partial charge < -0.3 is 10.6 Å². The molecule has 0 atom stereocenters. The van der Waals surface area contributed by atoms with Crippen molar-refractivity contribution in [3.8, 4) is 0 Å². The molecule has 2 aromatic heterocycles. The van der Waals surface area contributed by atoms with Crippen molar-refractivity contribution in [1.29, 1.82) is 0 Å². The molecular weight excluding hydrogens is 395 g/mol. The Kier molecular flexibility index (Phi) is 4.63. The molecule has 0 saturated heterocycles. The average Bonchev–Trinajstić information content (AvgIpc) is 3.05. The summed E-state index contributed by atoms with van der Waals surface area (Å²) in [5.41, 5.74) is 1.85. The van der Waals surface area contributed by atoms with Crippen LogP contribution in [0.2, 0.25) is 0 Å². The van der Waals surface area contributed by atoms with Gasteiger partial charge in [-0.25, -0.2) is 17.8 Å². The van der Waals surface area contributed by atoms with Gasteiger partial charge in [-0.15, -0.1) is 0 Å². The fourth-order valence-corrected chi connectivity index (χ4v) is 3.96. The van der Waals surface area contributed by atoms with Crippen molar-refractivity contribution < 1.29 is 12.8 Å². The van der Waals surface area contributed by atoms with Gasteiger partial charge in [0.2, 0.25) is 5.95 Å². The molecule has 4 aromatic rings. The number of nitrogens with zero attached hydrogens (tertiary/aromatic N) is 3. The highest BCUT2D eigenvalue weighted by Gasteiger charge is 2.14. The lowest BCUT2D eigenvalue weighted by atomic mass is 10.2. The highest BCUT2D eigenvalue weighted by atomic mass is 32.2. The van der Waals surface area contributed by atoms with Gasteiger partial charge in [-0.05, 0) is 48.9 Å². The van der Waals surface area contributed by atoms with E-state index in [1.54, 1.807) is 43.5 Å². The van der Waals surface area contributed by atoms with Crippen LogP contribution in [-0.4, -0.2) is 34.8 Å². The third-order valence-electron chi connectivity index (χ3n) is 4.36. The lowest BCUT2D eigenvalue weighted by Crippen LogP contribution is -2.05. The van der Waals surface area contributed by atoms with Crippen LogP contribution in [0.4, 0.5) is 27.7 Å². The Morgan fingerprint density at radius 3 is 2.72 bits per heavy atom. The monoisotopic (exact) mass is 412 g/mol. The molecule has 0 aliphatic heterocycles. The second kappa shape index (κ2) is 7.13. The number of hydrogen-bond donors (Lipinski definition) is 3. The Morgan fingerprint density at radius 1 is 1.10 bits per heavy atom. The van der Waals surface area contributed by atoms with Crippen molar-refractivity contribution in [2.45, 2.75) is 11.8 Å². The molecule has 0 bridgehead atoms. The van der Waals surface area contributed by atoms with Crippen LogP contribution in [0.25, 0.3) is 10.9 Å². The number of nitrogens with one attached hydrogen (secondary N) is 3. The summed E-state index contributed by atoms with van der Waals surface area (Å²) >= 11 is 0. The molecule has 4 rings (SSSR count). The van der Waals surface area contributed by atoms with Crippen LogP contribution >= 0.6 is 0 Å². The Balaban J connectivity index is 1.62. The van der Waals surface area contributed by atoms with Crippen LogP contribution in [0.3, 0.4) is 0 Å². The van der Waals surface area contributed by atoms with Crippen molar-refractivity contribution in [2.75, 3.05) is 16.9 Å². The summed E-state index contributed by atoms with van der Waals surface area (Å²) in [6, 6.07) is 10.9.